The molecule has 1 saturated carbocycles. The maximum absolute atomic E-state index is 13.9. The highest BCUT2D eigenvalue weighted by Gasteiger charge is 2.67. The highest BCUT2D eigenvalue weighted by Crippen LogP contribution is 2.65. The van der Waals surface area contributed by atoms with Crippen LogP contribution in [0.15, 0.2) is 48.5 Å². The highest BCUT2D eigenvalue weighted by molar-refractivity contribution is 6.53. The molecule has 2 N–H and O–H groups in total. The van der Waals surface area contributed by atoms with Crippen LogP contribution in [0.25, 0.3) is 0 Å². The lowest BCUT2D eigenvalue weighted by Crippen LogP contribution is -2.18. The third kappa shape index (κ3) is 5.40. The summed E-state index contributed by atoms with van der Waals surface area (Å²) in [5, 5.41) is 6.43. The smallest absolute Gasteiger partial charge is 0.257 e. The third-order valence-electron chi connectivity index (χ3n) is 5.75. The molecule has 0 heterocycles. The molecule has 10 heteroatoms. The fourth-order valence-corrected chi connectivity index (χ4v) is 5.61. The van der Waals surface area contributed by atoms with Crippen LogP contribution in [-0.4, -0.2) is 16.1 Å². The quantitative estimate of drug-likeness (QED) is 0.302. The number of aryl methyl sites for hydroxylation is 2. The Morgan fingerprint density at radius 2 is 1.46 bits per heavy atom. The standard InChI is InChI=1S/C25H18Cl5FN2O2/c1-11-5-17(6-12(2)22(11)31)33-23(34)18-10-16(3-4-19(18)28)32-24(35)21-20(25(21,29)30)13-7-14(26)9-15(27)8-13/h3-10,20-21H,1-2H3,(H,32,35)(H,33,34). The van der Waals surface area contributed by atoms with Crippen molar-refractivity contribution in [2.45, 2.75) is 24.1 Å². The topological polar surface area (TPSA) is 58.2 Å². The molecule has 3 aromatic rings. The zero-order valence-corrected chi connectivity index (χ0v) is 22.1. The monoisotopic (exact) mass is 572 g/mol. The molecule has 2 atom stereocenters. The molecule has 1 fully saturated rings. The molecule has 0 aromatic heterocycles. The van der Waals surface area contributed by atoms with Gasteiger partial charge in [-0.3, -0.25) is 9.59 Å². The molecule has 0 aliphatic heterocycles. The molecule has 182 valence electrons. The molecule has 0 spiro atoms. The Hall–Kier alpha value is -2.02. The average Bonchev–Trinajstić information content (AvgIpc) is 3.34. The van der Waals surface area contributed by atoms with Gasteiger partial charge in [0.15, 0.2) is 0 Å². The number of anilines is 2. The minimum Gasteiger partial charge on any atom is -0.326 e. The number of hydrogen-bond acceptors (Lipinski definition) is 2. The zero-order chi connectivity index (χ0) is 25.7. The van der Waals surface area contributed by atoms with Gasteiger partial charge in [0.25, 0.3) is 5.91 Å². The van der Waals surface area contributed by atoms with Crippen LogP contribution >= 0.6 is 58.0 Å². The molecule has 1 aliphatic carbocycles. The SMILES string of the molecule is Cc1cc(NC(=O)c2cc(NC(=O)C3C(c4cc(Cl)cc(Cl)c4)C3(Cl)Cl)ccc2Cl)cc(C)c1F. The van der Waals surface area contributed by atoms with Gasteiger partial charge in [-0.15, -0.1) is 23.2 Å². The molecule has 0 radical (unpaired) electrons. The number of rotatable bonds is 5. The van der Waals surface area contributed by atoms with E-state index in [1.807, 2.05) is 0 Å². The first kappa shape index (κ1) is 26.1. The average molecular weight is 575 g/mol. The lowest BCUT2D eigenvalue weighted by molar-refractivity contribution is -0.117. The van der Waals surface area contributed by atoms with Crippen LogP contribution in [0.1, 0.15) is 33.0 Å². The highest BCUT2D eigenvalue weighted by atomic mass is 35.5. The summed E-state index contributed by atoms with van der Waals surface area (Å²) in [6.45, 7) is 3.22. The first-order valence-electron chi connectivity index (χ1n) is 10.4. The van der Waals surface area contributed by atoms with E-state index in [4.69, 9.17) is 58.0 Å². The van der Waals surface area contributed by atoms with Crippen LogP contribution in [-0.2, 0) is 4.79 Å². The fourth-order valence-electron chi connectivity index (χ4n) is 4.04. The van der Waals surface area contributed by atoms with Gasteiger partial charge < -0.3 is 10.6 Å². The van der Waals surface area contributed by atoms with Crippen molar-refractivity contribution in [2.75, 3.05) is 10.6 Å². The van der Waals surface area contributed by atoms with E-state index in [2.05, 4.69) is 10.6 Å². The Balaban J connectivity index is 1.52. The lowest BCUT2D eigenvalue weighted by Gasteiger charge is -2.12. The second-order valence-electron chi connectivity index (χ2n) is 8.39. The Kier molecular flexibility index (Phi) is 7.29. The Labute approximate surface area is 226 Å². The molecule has 3 aromatic carbocycles. The van der Waals surface area contributed by atoms with Gasteiger partial charge in [-0.25, -0.2) is 4.39 Å². The van der Waals surface area contributed by atoms with Crippen LogP contribution in [0.4, 0.5) is 15.8 Å². The van der Waals surface area contributed by atoms with Crippen molar-refractivity contribution in [1.82, 2.24) is 0 Å². The van der Waals surface area contributed by atoms with Crippen LogP contribution in [0.5, 0.6) is 0 Å². The number of nitrogens with one attached hydrogen (secondary N) is 2. The Morgan fingerprint density at radius 1 is 0.857 bits per heavy atom. The van der Waals surface area contributed by atoms with Gasteiger partial charge in [0.2, 0.25) is 5.91 Å². The maximum Gasteiger partial charge on any atom is 0.257 e. The van der Waals surface area contributed by atoms with E-state index in [0.717, 1.165) is 0 Å². The molecule has 1 aliphatic rings. The molecular formula is C25H18Cl5FN2O2. The number of carbonyl (C=O) groups is 2. The minimum absolute atomic E-state index is 0.126. The van der Waals surface area contributed by atoms with Crippen LogP contribution in [0.3, 0.4) is 0 Å². The second kappa shape index (κ2) is 9.79. The van der Waals surface area contributed by atoms with E-state index in [1.165, 1.54) is 24.3 Å². The van der Waals surface area contributed by atoms with Crippen molar-refractivity contribution in [2.24, 2.45) is 5.92 Å². The molecule has 2 unspecified atom stereocenters. The van der Waals surface area contributed by atoms with Crippen molar-refractivity contribution in [1.29, 1.82) is 0 Å². The first-order chi connectivity index (χ1) is 16.4. The van der Waals surface area contributed by atoms with Gasteiger partial charge in [-0.2, -0.15) is 0 Å². The normalized spacial score (nSPS) is 18.2. The van der Waals surface area contributed by atoms with E-state index < -0.39 is 28.0 Å². The lowest BCUT2D eigenvalue weighted by atomic mass is 10.1. The minimum atomic E-state index is -1.34. The number of carbonyl (C=O) groups excluding carboxylic acids is 2. The van der Waals surface area contributed by atoms with Gasteiger partial charge in [-0.05, 0) is 79.1 Å². The molecule has 35 heavy (non-hydrogen) atoms. The zero-order valence-electron chi connectivity index (χ0n) is 18.4. The summed E-state index contributed by atoms with van der Waals surface area (Å²) < 4.78 is 12.6. The number of amides is 2. The van der Waals surface area contributed by atoms with E-state index in [0.29, 0.717) is 38.1 Å². The van der Waals surface area contributed by atoms with E-state index in [9.17, 15) is 14.0 Å². The van der Waals surface area contributed by atoms with E-state index in [1.54, 1.807) is 38.1 Å². The summed E-state index contributed by atoms with van der Waals surface area (Å²) in [5.74, 6) is -2.56. The van der Waals surface area contributed by atoms with Crippen LogP contribution in [0, 0.1) is 25.6 Å². The van der Waals surface area contributed by atoms with Crippen molar-refractivity contribution >= 4 is 81.2 Å². The predicted molar refractivity (Wildman–Crippen MR) is 141 cm³/mol. The van der Waals surface area contributed by atoms with Crippen molar-refractivity contribution < 1.29 is 14.0 Å². The largest absolute Gasteiger partial charge is 0.326 e. The summed E-state index contributed by atoms with van der Waals surface area (Å²) in [6, 6.07) is 12.4. The number of benzene rings is 3. The number of halogens is 6. The molecule has 4 rings (SSSR count). The first-order valence-corrected chi connectivity index (χ1v) is 12.3. The third-order valence-corrected chi connectivity index (χ3v) is 7.46. The Morgan fingerprint density at radius 3 is 2.06 bits per heavy atom. The molecule has 4 nitrogen and oxygen atoms in total. The fraction of sp³-hybridized carbons (Fsp3) is 0.200. The number of hydrogen-bond donors (Lipinski definition) is 2. The summed E-state index contributed by atoms with van der Waals surface area (Å²) in [4.78, 5) is 25.9. The van der Waals surface area contributed by atoms with Gasteiger partial charge in [-0.1, -0.05) is 34.8 Å². The van der Waals surface area contributed by atoms with Gasteiger partial charge in [0.05, 0.1) is 16.5 Å². The summed E-state index contributed by atoms with van der Waals surface area (Å²) in [7, 11) is 0. The molecule has 0 saturated heterocycles. The summed E-state index contributed by atoms with van der Waals surface area (Å²) in [6.07, 6.45) is 0. The van der Waals surface area contributed by atoms with E-state index >= 15 is 0 Å². The van der Waals surface area contributed by atoms with Gasteiger partial charge in [0.1, 0.15) is 10.2 Å². The maximum atomic E-state index is 13.9. The van der Waals surface area contributed by atoms with Gasteiger partial charge in [0, 0.05) is 27.3 Å². The molecular weight excluding hydrogens is 557 g/mol. The van der Waals surface area contributed by atoms with Crippen LogP contribution in [0.2, 0.25) is 15.1 Å². The summed E-state index contributed by atoms with van der Waals surface area (Å²) in [5.41, 5.74) is 2.33. The molecule has 0 bridgehead atoms. The Bertz CT molecular complexity index is 1320. The molecule has 2 amide bonds. The number of alkyl halides is 2. The van der Waals surface area contributed by atoms with Crippen molar-refractivity contribution in [3.63, 3.8) is 0 Å². The second-order valence-corrected chi connectivity index (χ2v) is 11.1. The van der Waals surface area contributed by atoms with Crippen molar-refractivity contribution in [3.05, 3.63) is 91.7 Å². The van der Waals surface area contributed by atoms with Crippen molar-refractivity contribution in [3.8, 4) is 0 Å². The predicted octanol–water partition coefficient (Wildman–Crippen LogP) is 8.18. The summed E-state index contributed by atoms with van der Waals surface area (Å²) >= 11 is 31.2. The van der Waals surface area contributed by atoms with E-state index in [-0.39, 0.29) is 16.4 Å². The van der Waals surface area contributed by atoms with Crippen LogP contribution < -0.4 is 10.6 Å². The van der Waals surface area contributed by atoms with Gasteiger partial charge >= 0.3 is 0 Å².